The fourth-order valence-corrected chi connectivity index (χ4v) is 4.33. The number of rotatable bonds is 12. The molecule has 0 aliphatic rings. The van der Waals surface area contributed by atoms with E-state index < -0.39 is 10.0 Å². The van der Waals surface area contributed by atoms with Gasteiger partial charge in [0.15, 0.2) is 5.78 Å². The van der Waals surface area contributed by atoms with Crippen molar-refractivity contribution in [1.29, 1.82) is 0 Å². The molecule has 0 unspecified atom stereocenters. The summed E-state index contributed by atoms with van der Waals surface area (Å²) in [6.07, 6.45) is 5.06. The van der Waals surface area contributed by atoms with Crippen molar-refractivity contribution in [3.63, 3.8) is 0 Å². The van der Waals surface area contributed by atoms with Gasteiger partial charge in [-0.05, 0) is 52.9 Å². The van der Waals surface area contributed by atoms with Gasteiger partial charge in [0.1, 0.15) is 0 Å². The number of carbonyl (C=O) groups is 1. The van der Waals surface area contributed by atoms with Crippen LogP contribution in [0.3, 0.4) is 0 Å². The molecule has 0 saturated heterocycles. The summed E-state index contributed by atoms with van der Waals surface area (Å²) in [5.41, 5.74) is 3.69. The molecule has 1 N–H and O–H groups in total. The number of hydrogen-bond donors (Lipinski definition) is 1. The molecule has 10 heteroatoms. The highest BCUT2D eigenvalue weighted by molar-refractivity contribution is 7.99. The van der Waals surface area contributed by atoms with Gasteiger partial charge in [-0.25, -0.2) is 13.1 Å². The van der Waals surface area contributed by atoms with Crippen molar-refractivity contribution in [2.24, 2.45) is 0 Å². The average Bonchev–Trinajstić information content (AvgIpc) is 3.24. The third-order valence-electron chi connectivity index (χ3n) is 4.83. The van der Waals surface area contributed by atoms with E-state index >= 15 is 0 Å². The molecule has 8 nitrogen and oxygen atoms in total. The Labute approximate surface area is 192 Å². The number of aromatic nitrogens is 4. The first-order chi connectivity index (χ1) is 15.4. The fourth-order valence-electron chi connectivity index (χ4n) is 3.07. The van der Waals surface area contributed by atoms with E-state index in [1.165, 1.54) is 17.3 Å². The van der Waals surface area contributed by atoms with E-state index in [4.69, 9.17) is 0 Å². The van der Waals surface area contributed by atoms with Crippen LogP contribution in [0.1, 0.15) is 41.3 Å². The van der Waals surface area contributed by atoms with Gasteiger partial charge in [-0.1, -0.05) is 61.5 Å². The number of thioether (sulfide) groups is 1. The Morgan fingerprint density at radius 2 is 1.69 bits per heavy atom. The topological polar surface area (TPSA) is 107 Å². The van der Waals surface area contributed by atoms with Crippen LogP contribution in [-0.4, -0.2) is 53.0 Å². The van der Waals surface area contributed by atoms with Gasteiger partial charge in [-0.2, -0.15) is 4.68 Å². The largest absolute Gasteiger partial charge is 0.293 e. The number of ketones is 1. The third kappa shape index (κ3) is 7.25. The third-order valence-corrected chi connectivity index (χ3v) is 6.47. The zero-order valence-corrected chi connectivity index (χ0v) is 19.8. The van der Waals surface area contributed by atoms with Gasteiger partial charge in [0.05, 0.1) is 17.7 Å². The normalized spacial score (nSPS) is 11.6. The monoisotopic (exact) mass is 473 g/mol. The van der Waals surface area contributed by atoms with E-state index in [0.29, 0.717) is 23.7 Å². The number of carbonyl (C=O) groups excluding carboxylic acids is 1. The van der Waals surface area contributed by atoms with Crippen LogP contribution < -0.4 is 4.72 Å². The number of aryl methyl sites for hydroxylation is 1. The highest BCUT2D eigenvalue weighted by Crippen LogP contribution is 2.20. The van der Waals surface area contributed by atoms with Crippen molar-refractivity contribution < 1.29 is 13.2 Å². The average molecular weight is 474 g/mol. The van der Waals surface area contributed by atoms with Crippen molar-refractivity contribution in [3.05, 3.63) is 65.2 Å². The molecule has 1 heterocycles. The van der Waals surface area contributed by atoms with Crippen molar-refractivity contribution in [1.82, 2.24) is 24.9 Å². The molecular weight excluding hydrogens is 446 g/mol. The molecule has 0 spiro atoms. The number of tetrazole rings is 1. The highest BCUT2D eigenvalue weighted by Gasteiger charge is 2.13. The molecule has 3 rings (SSSR count). The van der Waals surface area contributed by atoms with E-state index in [9.17, 15) is 13.2 Å². The molecule has 1 aromatic heterocycles. The molecular formula is C22H27N5O3S2. The predicted octanol–water partition coefficient (Wildman–Crippen LogP) is 3.07. The van der Waals surface area contributed by atoms with Crippen LogP contribution in [0.4, 0.5) is 0 Å². The van der Waals surface area contributed by atoms with Crippen LogP contribution in [-0.2, 0) is 22.9 Å². The Morgan fingerprint density at radius 1 is 1.03 bits per heavy atom. The molecule has 0 aliphatic heterocycles. The predicted molar refractivity (Wildman–Crippen MR) is 126 cm³/mol. The van der Waals surface area contributed by atoms with Gasteiger partial charge in [-0.3, -0.25) is 4.79 Å². The second kappa shape index (κ2) is 11.3. The molecule has 32 heavy (non-hydrogen) atoms. The summed E-state index contributed by atoms with van der Waals surface area (Å²) in [5, 5.41) is 12.4. The van der Waals surface area contributed by atoms with Crippen molar-refractivity contribution in [2.45, 2.75) is 37.8 Å². The minimum absolute atomic E-state index is 0.0275. The summed E-state index contributed by atoms with van der Waals surface area (Å²) in [4.78, 5) is 12.6. The lowest BCUT2D eigenvalue weighted by molar-refractivity contribution is 0.102. The maximum absolute atomic E-state index is 12.6. The smallest absolute Gasteiger partial charge is 0.214 e. The van der Waals surface area contributed by atoms with Crippen LogP contribution in [0.2, 0.25) is 0 Å². The van der Waals surface area contributed by atoms with E-state index in [0.717, 1.165) is 36.8 Å². The molecule has 0 bridgehead atoms. The Morgan fingerprint density at radius 3 is 2.34 bits per heavy atom. The molecule has 0 saturated carbocycles. The SMILES string of the molecule is CCCCc1ccc(-n2nnnc2SCC(=O)c2ccc(CCNS(C)(=O)=O)cc2)cc1. The number of nitrogens with one attached hydrogen (secondary N) is 1. The first-order valence-corrected chi connectivity index (χ1v) is 13.3. The summed E-state index contributed by atoms with van der Waals surface area (Å²) >= 11 is 1.29. The number of Topliss-reactive ketones (excluding diaryl/α,β-unsaturated/α-hetero) is 1. The van der Waals surface area contributed by atoms with Gasteiger partial charge < -0.3 is 0 Å². The van der Waals surface area contributed by atoms with Crippen molar-refractivity contribution >= 4 is 27.6 Å². The molecule has 0 aliphatic carbocycles. The number of nitrogens with zero attached hydrogens (tertiary/aromatic N) is 4. The Balaban J connectivity index is 1.56. The summed E-state index contributed by atoms with van der Waals surface area (Å²) in [6.45, 7) is 2.50. The van der Waals surface area contributed by atoms with Gasteiger partial charge in [0.25, 0.3) is 0 Å². The maximum atomic E-state index is 12.6. The summed E-state index contributed by atoms with van der Waals surface area (Å²) in [7, 11) is -3.20. The molecule has 2 aromatic carbocycles. The first-order valence-electron chi connectivity index (χ1n) is 10.4. The fraction of sp³-hybridized carbons (Fsp3) is 0.364. The number of unbranched alkanes of at least 4 members (excludes halogenated alkanes) is 1. The van der Waals surface area contributed by atoms with E-state index in [1.807, 2.05) is 24.3 Å². The number of hydrogen-bond acceptors (Lipinski definition) is 7. The van der Waals surface area contributed by atoms with E-state index in [-0.39, 0.29) is 11.5 Å². The molecule has 0 radical (unpaired) electrons. The lowest BCUT2D eigenvalue weighted by Gasteiger charge is -2.06. The van der Waals surface area contributed by atoms with Crippen LogP contribution in [0.15, 0.2) is 53.7 Å². The van der Waals surface area contributed by atoms with Crippen LogP contribution in [0, 0.1) is 0 Å². The zero-order chi connectivity index (χ0) is 23.0. The van der Waals surface area contributed by atoms with Crippen molar-refractivity contribution in [2.75, 3.05) is 18.6 Å². The summed E-state index contributed by atoms with van der Waals surface area (Å²) in [6, 6.07) is 15.3. The Bertz CT molecular complexity index is 1130. The second-order valence-electron chi connectivity index (χ2n) is 7.47. The Kier molecular flexibility index (Phi) is 8.54. The molecule has 0 fully saturated rings. The van der Waals surface area contributed by atoms with Crippen LogP contribution in [0.5, 0.6) is 0 Å². The minimum Gasteiger partial charge on any atom is -0.293 e. The first kappa shape index (κ1) is 24.1. The lowest BCUT2D eigenvalue weighted by atomic mass is 10.1. The van der Waals surface area contributed by atoms with Gasteiger partial charge in [0, 0.05) is 12.1 Å². The molecule has 0 amide bonds. The lowest BCUT2D eigenvalue weighted by Crippen LogP contribution is -2.24. The molecule has 170 valence electrons. The van der Waals surface area contributed by atoms with Crippen LogP contribution in [0.25, 0.3) is 5.69 Å². The standard InChI is InChI=1S/C22H27N5O3S2/c1-3-4-5-17-8-12-20(13-9-17)27-22(24-25-26-27)31-16-21(28)19-10-6-18(7-11-19)14-15-23-32(2,29)30/h6-13,23H,3-5,14-16H2,1-2H3. The quantitative estimate of drug-likeness (QED) is 0.318. The van der Waals surface area contributed by atoms with Gasteiger partial charge in [0.2, 0.25) is 15.2 Å². The maximum Gasteiger partial charge on any atom is 0.214 e. The molecule has 3 aromatic rings. The summed E-state index contributed by atoms with van der Waals surface area (Å²) in [5.74, 6) is 0.185. The summed E-state index contributed by atoms with van der Waals surface area (Å²) < 4.78 is 26.3. The molecule has 0 atom stereocenters. The van der Waals surface area contributed by atoms with E-state index in [1.54, 1.807) is 16.8 Å². The van der Waals surface area contributed by atoms with Gasteiger partial charge in [-0.15, -0.1) is 5.10 Å². The minimum atomic E-state index is -3.20. The van der Waals surface area contributed by atoms with E-state index in [2.05, 4.69) is 39.3 Å². The van der Waals surface area contributed by atoms with Crippen LogP contribution >= 0.6 is 11.8 Å². The number of sulfonamides is 1. The highest BCUT2D eigenvalue weighted by atomic mass is 32.2. The second-order valence-corrected chi connectivity index (χ2v) is 10.2. The number of benzene rings is 2. The Hall–Kier alpha value is -2.56. The zero-order valence-electron chi connectivity index (χ0n) is 18.2. The van der Waals surface area contributed by atoms with Crippen molar-refractivity contribution in [3.8, 4) is 5.69 Å². The van der Waals surface area contributed by atoms with Gasteiger partial charge >= 0.3 is 0 Å².